The molecule has 0 saturated heterocycles. The molecule has 0 aromatic heterocycles. The van der Waals surface area contributed by atoms with E-state index in [1.807, 2.05) is 24.3 Å². The smallest absolute Gasteiger partial charge is 0.146 e. The molecule has 0 radical (unpaired) electrons. The van der Waals surface area contributed by atoms with Crippen molar-refractivity contribution in [2.24, 2.45) is 0 Å². The predicted octanol–water partition coefficient (Wildman–Crippen LogP) is 5.81. The molecule has 18 heavy (non-hydrogen) atoms. The molecule has 1 atom stereocenters. The van der Waals surface area contributed by atoms with Crippen molar-refractivity contribution in [2.75, 3.05) is 0 Å². The van der Waals surface area contributed by atoms with E-state index in [2.05, 4.69) is 15.9 Å². The Hall–Kier alpha value is -0.570. The fraction of sp³-hybridized carbons (Fsp3) is 0.143. The Bertz CT molecular complexity index is 557. The van der Waals surface area contributed by atoms with Crippen LogP contribution in [-0.4, -0.2) is 0 Å². The summed E-state index contributed by atoms with van der Waals surface area (Å²) in [4.78, 5) is -0.156. The molecule has 2 aromatic rings. The summed E-state index contributed by atoms with van der Waals surface area (Å²) in [7, 11) is 0. The first kappa shape index (κ1) is 13.9. The summed E-state index contributed by atoms with van der Waals surface area (Å²) in [6.45, 7) is 0. The minimum Gasteiger partial charge on any atom is -0.205 e. The van der Waals surface area contributed by atoms with Crippen LogP contribution in [0.4, 0.5) is 4.39 Å². The third-order valence-corrected chi connectivity index (χ3v) is 4.15. The third kappa shape index (κ3) is 3.05. The van der Waals surface area contributed by atoms with Crippen molar-refractivity contribution >= 4 is 39.1 Å². The van der Waals surface area contributed by atoms with Crippen LogP contribution in [-0.2, 0) is 6.42 Å². The summed E-state index contributed by atoms with van der Waals surface area (Å²) in [6, 6.07) is 12.5. The fourth-order valence-corrected chi connectivity index (χ4v) is 2.83. The third-order valence-electron chi connectivity index (χ3n) is 2.68. The standard InChI is InChI=1S/C14H10BrCl2F/c15-11(8-9-4-1-2-6-12(9)16)10-5-3-7-13(17)14(10)18/h1-7,11H,8H2. The number of hydrogen-bond donors (Lipinski definition) is 0. The molecule has 2 rings (SSSR count). The Morgan fingerprint density at radius 3 is 2.39 bits per heavy atom. The highest BCUT2D eigenvalue weighted by Gasteiger charge is 2.16. The van der Waals surface area contributed by atoms with Crippen LogP contribution >= 0.6 is 39.1 Å². The Kier molecular flexibility index (Phi) is 4.66. The molecule has 0 aliphatic heterocycles. The van der Waals surface area contributed by atoms with E-state index in [1.54, 1.807) is 12.1 Å². The lowest BCUT2D eigenvalue weighted by atomic mass is 10.0. The van der Waals surface area contributed by atoms with Gasteiger partial charge in [-0.15, -0.1) is 0 Å². The molecule has 0 spiro atoms. The zero-order chi connectivity index (χ0) is 13.1. The van der Waals surface area contributed by atoms with Gasteiger partial charge in [-0.3, -0.25) is 0 Å². The maximum absolute atomic E-state index is 13.9. The Morgan fingerprint density at radius 2 is 1.67 bits per heavy atom. The maximum Gasteiger partial charge on any atom is 0.146 e. The van der Waals surface area contributed by atoms with E-state index in [-0.39, 0.29) is 15.7 Å². The summed E-state index contributed by atoms with van der Waals surface area (Å²) in [5, 5.41) is 0.820. The topological polar surface area (TPSA) is 0 Å². The van der Waals surface area contributed by atoms with E-state index in [0.717, 1.165) is 5.56 Å². The van der Waals surface area contributed by atoms with Gasteiger partial charge >= 0.3 is 0 Å². The van der Waals surface area contributed by atoms with E-state index in [4.69, 9.17) is 23.2 Å². The number of alkyl halides is 1. The fourth-order valence-electron chi connectivity index (χ4n) is 1.73. The van der Waals surface area contributed by atoms with Gasteiger partial charge in [-0.25, -0.2) is 4.39 Å². The number of benzene rings is 2. The number of rotatable bonds is 3. The predicted molar refractivity (Wildman–Crippen MR) is 78.2 cm³/mol. The normalized spacial score (nSPS) is 12.4. The molecule has 0 aliphatic rings. The molecule has 0 fully saturated rings. The van der Waals surface area contributed by atoms with Crippen molar-refractivity contribution in [1.29, 1.82) is 0 Å². The second kappa shape index (κ2) is 6.05. The van der Waals surface area contributed by atoms with Crippen LogP contribution in [0.3, 0.4) is 0 Å². The highest BCUT2D eigenvalue weighted by Crippen LogP contribution is 2.33. The molecule has 1 unspecified atom stereocenters. The monoisotopic (exact) mass is 346 g/mol. The van der Waals surface area contributed by atoms with Gasteiger partial charge < -0.3 is 0 Å². The summed E-state index contributed by atoms with van der Waals surface area (Å²) < 4.78 is 13.9. The largest absolute Gasteiger partial charge is 0.205 e. The van der Waals surface area contributed by atoms with Gasteiger partial charge in [0.15, 0.2) is 0 Å². The Morgan fingerprint density at radius 1 is 1.00 bits per heavy atom. The van der Waals surface area contributed by atoms with Gasteiger partial charge in [0.05, 0.1) is 5.02 Å². The van der Waals surface area contributed by atoms with Gasteiger partial charge in [-0.05, 0) is 24.1 Å². The van der Waals surface area contributed by atoms with Gasteiger partial charge in [0, 0.05) is 15.4 Å². The van der Waals surface area contributed by atoms with Crippen LogP contribution in [0.2, 0.25) is 10.0 Å². The Labute approximate surface area is 124 Å². The van der Waals surface area contributed by atoms with Crippen LogP contribution in [0.1, 0.15) is 16.0 Å². The molecule has 0 saturated carbocycles. The first-order chi connectivity index (χ1) is 8.59. The van der Waals surface area contributed by atoms with E-state index in [0.29, 0.717) is 17.0 Å². The highest BCUT2D eigenvalue weighted by molar-refractivity contribution is 9.09. The first-order valence-corrected chi connectivity index (χ1v) is 7.08. The molecular weight excluding hydrogens is 338 g/mol. The zero-order valence-electron chi connectivity index (χ0n) is 9.34. The molecule has 0 heterocycles. The minimum atomic E-state index is -0.381. The lowest BCUT2D eigenvalue weighted by molar-refractivity contribution is 0.608. The molecule has 4 heteroatoms. The molecule has 0 amide bonds. The van der Waals surface area contributed by atoms with Crippen molar-refractivity contribution in [2.45, 2.75) is 11.2 Å². The summed E-state index contributed by atoms with van der Waals surface area (Å²) in [6.07, 6.45) is 0.608. The van der Waals surface area contributed by atoms with Crippen molar-refractivity contribution < 1.29 is 4.39 Å². The SMILES string of the molecule is Fc1c(Cl)cccc1C(Br)Cc1ccccc1Cl. The molecule has 2 aromatic carbocycles. The molecule has 0 N–H and O–H groups in total. The number of hydrogen-bond acceptors (Lipinski definition) is 0. The van der Waals surface area contributed by atoms with Crippen molar-refractivity contribution in [3.05, 3.63) is 69.5 Å². The quantitative estimate of drug-likeness (QED) is 0.614. The second-order valence-corrected chi connectivity index (χ2v) is 5.83. The number of halogens is 4. The van der Waals surface area contributed by atoms with E-state index in [1.165, 1.54) is 6.07 Å². The van der Waals surface area contributed by atoms with Crippen LogP contribution in [0.5, 0.6) is 0 Å². The summed E-state index contributed by atoms with van der Waals surface area (Å²) >= 11 is 15.3. The Balaban J connectivity index is 2.25. The van der Waals surface area contributed by atoms with Crippen molar-refractivity contribution in [1.82, 2.24) is 0 Å². The first-order valence-electron chi connectivity index (χ1n) is 5.41. The van der Waals surface area contributed by atoms with Crippen LogP contribution < -0.4 is 0 Å². The summed E-state index contributed by atoms with van der Waals surface area (Å²) in [5.74, 6) is -0.381. The van der Waals surface area contributed by atoms with Crippen molar-refractivity contribution in [3.8, 4) is 0 Å². The lowest BCUT2D eigenvalue weighted by Gasteiger charge is -2.13. The molecule has 0 aliphatic carbocycles. The highest BCUT2D eigenvalue weighted by atomic mass is 79.9. The van der Waals surface area contributed by atoms with E-state index < -0.39 is 0 Å². The van der Waals surface area contributed by atoms with Crippen LogP contribution in [0.25, 0.3) is 0 Å². The van der Waals surface area contributed by atoms with Gasteiger partial charge in [0.1, 0.15) is 5.82 Å². The molecular formula is C14H10BrCl2F. The average Bonchev–Trinajstić information content (AvgIpc) is 2.35. The van der Waals surface area contributed by atoms with E-state index >= 15 is 0 Å². The summed E-state index contributed by atoms with van der Waals surface area (Å²) in [5.41, 5.74) is 1.52. The van der Waals surface area contributed by atoms with Crippen LogP contribution in [0, 0.1) is 5.82 Å². The van der Waals surface area contributed by atoms with Gasteiger partial charge in [-0.2, -0.15) is 0 Å². The lowest BCUT2D eigenvalue weighted by Crippen LogP contribution is -1.99. The maximum atomic E-state index is 13.9. The molecule has 0 bridgehead atoms. The van der Waals surface area contributed by atoms with Crippen molar-refractivity contribution in [3.63, 3.8) is 0 Å². The van der Waals surface area contributed by atoms with Crippen LogP contribution in [0.15, 0.2) is 42.5 Å². The van der Waals surface area contributed by atoms with Gasteiger partial charge in [-0.1, -0.05) is 69.5 Å². The average molecular weight is 348 g/mol. The second-order valence-electron chi connectivity index (χ2n) is 3.91. The molecule has 0 nitrogen and oxygen atoms in total. The van der Waals surface area contributed by atoms with Gasteiger partial charge in [0.25, 0.3) is 0 Å². The van der Waals surface area contributed by atoms with E-state index in [9.17, 15) is 4.39 Å². The zero-order valence-corrected chi connectivity index (χ0v) is 12.4. The van der Waals surface area contributed by atoms with Gasteiger partial charge in [0.2, 0.25) is 0 Å². The minimum absolute atomic E-state index is 0.135. The molecule has 94 valence electrons.